The molecule has 2 aliphatic carbocycles. The number of fused-ring (bicyclic) bond motifs is 6. The average Bonchev–Trinajstić information content (AvgIpc) is 3.59. The van der Waals surface area contributed by atoms with Crippen molar-refractivity contribution >= 4 is 11.1 Å². The molecule has 0 radical (unpaired) electrons. The van der Waals surface area contributed by atoms with Crippen LogP contribution in [0.15, 0.2) is 83.9 Å². The van der Waals surface area contributed by atoms with Gasteiger partial charge in [0.15, 0.2) is 23.3 Å². The van der Waals surface area contributed by atoms with Gasteiger partial charge in [0.05, 0.1) is 5.56 Å². The lowest BCUT2D eigenvalue weighted by atomic mass is 9.92. The molecule has 0 aromatic heterocycles. The Balaban J connectivity index is 1.47. The quantitative estimate of drug-likeness (QED) is 0.134. The van der Waals surface area contributed by atoms with Crippen LogP contribution in [0.3, 0.4) is 0 Å². The molecule has 0 N–H and O–H groups in total. The van der Waals surface area contributed by atoms with Crippen molar-refractivity contribution < 1.29 is 30.7 Å². The largest absolute Gasteiger partial charge is 0.419 e. The fourth-order valence-electron chi connectivity index (χ4n) is 6.75. The second-order valence-corrected chi connectivity index (χ2v) is 11.8. The number of alkyl halides is 3. The summed E-state index contributed by atoms with van der Waals surface area (Å²) in [6.07, 6.45) is -5.18. The highest BCUT2D eigenvalue weighted by molar-refractivity contribution is 6.11. The van der Waals surface area contributed by atoms with Crippen LogP contribution in [0.2, 0.25) is 0 Å². The maximum atomic E-state index is 14.4. The Morgan fingerprint density at radius 1 is 0.471 bits per heavy atom. The van der Waals surface area contributed by atoms with E-state index in [2.05, 4.69) is 0 Å². The molecule has 244 valence electrons. The molecular weight excluding hydrogens is 669 g/mol. The standard InChI is InChI=1S/C40H15F7N4/c1-18-6-21(10-34(41)38(18)43)19-2-4-25-27-12-28-26-5-3-20(22-9-33(40(45,46)47)39(44)35(42)11-22)8-30(26)37(24(16-50)17-51)32(28)13-31(27)36(29(25)7-19)23(14-48)15-49/h2-13H,1H3. The van der Waals surface area contributed by atoms with Crippen molar-refractivity contribution in [3.05, 3.63) is 141 Å². The van der Waals surface area contributed by atoms with Gasteiger partial charge in [0, 0.05) is 11.1 Å². The SMILES string of the molecule is Cc1cc(-c2ccc3c(c2)C(=C(C#N)C#N)c2cc4c(cc2-3)-c2ccc(-c3cc(F)c(F)c(C(F)(F)F)c3)cc2C4=C(C#N)C#N)cc(F)c1F. The minimum atomic E-state index is -5.18. The predicted octanol–water partition coefficient (Wildman–Crippen LogP) is 10.6. The number of aryl methyl sites for hydroxylation is 1. The van der Waals surface area contributed by atoms with Crippen molar-refractivity contribution in [2.24, 2.45) is 0 Å². The molecule has 51 heavy (non-hydrogen) atoms. The van der Waals surface area contributed by atoms with Gasteiger partial charge in [-0.15, -0.1) is 0 Å². The zero-order valence-corrected chi connectivity index (χ0v) is 25.9. The van der Waals surface area contributed by atoms with Crippen LogP contribution < -0.4 is 0 Å². The molecule has 0 aliphatic heterocycles. The van der Waals surface area contributed by atoms with Gasteiger partial charge < -0.3 is 0 Å². The van der Waals surface area contributed by atoms with E-state index in [1.54, 1.807) is 30.3 Å². The molecule has 0 fully saturated rings. The predicted molar refractivity (Wildman–Crippen MR) is 172 cm³/mol. The zero-order chi connectivity index (χ0) is 36.5. The fraction of sp³-hybridized carbons (Fsp3) is 0.0500. The molecule has 4 nitrogen and oxygen atoms in total. The topological polar surface area (TPSA) is 95.2 Å². The molecular formula is C40H15F7N4. The summed E-state index contributed by atoms with van der Waals surface area (Å²) in [4.78, 5) is 0. The highest BCUT2D eigenvalue weighted by Crippen LogP contribution is 2.54. The van der Waals surface area contributed by atoms with Crippen LogP contribution in [0.5, 0.6) is 0 Å². The van der Waals surface area contributed by atoms with Gasteiger partial charge in [-0.05, 0) is 128 Å². The minimum Gasteiger partial charge on any atom is -0.204 e. The van der Waals surface area contributed by atoms with Crippen LogP contribution in [-0.4, -0.2) is 0 Å². The Morgan fingerprint density at radius 2 is 0.882 bits per heavy atom. The molecule has 0 amide bonds. The van der Waals surface area contributed by atoms with Crippen molar-refractivity contribution in [2.75, 3.05) is 0 Å². The first-order chi connectivity index (χ1) is 24.3. The summed E-state index contributed by atoms with van der Waals surface area (Å²) in [6, 6.07) is 23.8. The highest BCUT2D eigenvalue weighted by atomic mass is 19.4. The van der Waals surface area contributed by atoms with Gasteiger partial charge >= 0.3 is 6.18 Å². The first-order valence-electron chi connectivity index (χ1n) is 14.9. The molecule has 0 unspecified atom stereocenters. The molecule has 5 aromatic carbocycles. The van der Waals surface area contributed by atoms with Gasteiger partial charge in [-0.1, -0.05) is 24.3 Å². The molecule has 2 aliphatic rings. The summed E-state index contributed by atoms with van der Waals surface area (Å²) in [5.41, 5.74) is 2.18. The Kier molecular flexibility index (Phi) is 7.40. The molecule has 0 bridgehead atoms. The summed E-state index contributed by atoms with van der Waals surface area (Å²) in [5.74, 6) is -5.79. The summed E-state index contributed by atoms with van der Waals surface area (Å²) < 4.78 is 97.6. The Hall–Kier alpha value is -6.95. The highest BCUT2D eigenvalue weighted by Gasteiger charge is 2.37. The minimum absolute atomic E-state index is 0.0494. The Morgan fingerprint density at radius 3 is 1.31 bits per heavy atom. The Bertz CT molecular complexity index is 2620. The van der Waals surface area contributed by atoms with Crippen LogP contribution in [0.4, 0.5) is 30.7 Å². The summed E-state index contributed by atoms with van der Waals surface area (Å²) >= 11 is 0. The van der Waals surface area contributed by atoms with E-state index in [0.717, 1.165) is 6.07 Å². The van der Waals surface area contributed by atoms with Crippen molar-refractivity contribution in [3.8, 4) is 68.8 Å². The molecule has 0 atom stereocenters. The van der Waals surface area contributed by atoms with Gasteiger partial charge in [0.2, 0.25) is 0 Å². The van der Waals surface area contributed by atoms with Crippen LogP contribution >= 0.6 is 0 Å². The van der Waals surface area contributed by atoms with Crippen LogP contribution in [0, 0.1) is 75.5 Å². The van der Waals surface area contributed by atoms with E-state index in [0.29, 0.717) is 62.2 Å². The number of benzene rings is 5. The van der Waals surface area contributed by atoms with Crippen LogP contribution in [0.25, 0.3) is 55.7 Å². The summed E-state index contributed by atoms with van der Waals surface area (Å²) in [6.45, 7) is 1.42. The monoisotopic (exact) mass is 684 g/mol. The third kappa shape index (κ3) is 4.95. The smallest absolute Gasteiger partial charge is 0.204 e. The number of allylic oxidation sites excluding steroid dienone is 2. The van der Waals surface area contributed by atoms with Crippen LogP contribution in [0.1, 0.15) is 33.4 Å². The first-order valence-corrected chi connectivity index (χ1v) is 14.9. The van der Waals surface area contributed by atoms with E-state index in [4.69, 9.17) is 0 Å². The average molecular weight is 685 g/mol. The molecule has 0 heterocycles. The number of hydrogen-bond acceptors (Lipinski definition) is 4. The van der Waals surface area contributed by atoms with E-state index < -0.39 is 35.0 Å². The lowest BCUT2D eigenvalue weighted by molar-refractivity contribution is -0.140. The zero-order valence-electron chi connectivity index (χ0n) is 25.9. The maximum Gasteiger partial charge on any atom is 0.419 e. The normalized spacial score (nSPS) is 12.2. The molecule has 0 spiro atoms. The van der Waals surface area contributed by atoms with Gasteiger partial charge in [0.1, 0.15) is 35.4 Å². The maximum absolute atomic E-state index is 14.4. The number of nitrogens with zero attached hydrogens (tertiary/aromatic N) is 4. The summed E-state index contributed by atoms with van der Waals surface area (Å²) in [5, 5.41) is 39.9. The van der Waals surface area contributed by atoms with Crippen LogP contribution in [-0.2, 0) is 6.18 Å². The second kappa shape index (κ2) is 11.6. The van der Waals surface area contributed by atoms with E-state index in [-0.39, 0.29) is 44.5 Å². The number of rotatable bonds is 2. The van der Waals surface area contributed by atoms with Gasteiger partial charge in [-0.25, -0.2) is 17.6 Å². The third-order valence-corrected chi connectivity index (χ3v) is 9.01. The van der Waals surface area contributed by atoms with E-state index in [1.807, 2.05) is 24.3 Å². The number of hydrogen-bond donors (Lipinski definition) is 0. The van der Waals surface area contributed by atoms with E-state index in [9.17, 15) is 51.8 Å². The molecule has 0 saturated heterocycles. The molecule has 5 aromatic rings. The van der Waals surface area contributed by atoms with Gasteiger partial charge in [-0.2, -0.15) is 34.2 Å². The number of halogens is 7. The van der Waals surface area contributed by atoms with Crippen molar-refractivity contribution in [3.63, 3.8) is 0 Å². The fourth-order valence-corrected chi connectivity index (χ4v) is 6.75. The van der Waals surface area contributed by atoms with E-state index >= 15 is 0 Å². The van der Waals surface area contributed by atoms with Gasteiger partial charge in [-0.3, -0.25) is 0 Å². The lowest BCUT2D eigenvalue weighted by Gasteiger charge is -2.12. The molecule has 11 heteroatoms. The number of nitriles is 4. The molecule has 7 rings (SSSR count). The van der Waals surface area contributed by atoms with Crippen molar-refractivity contribution in [1.82, 2.24) is 0 Å². The summed E-state index contributed by atoms with van der Waals surface area (Å²) in [7, 11) is 0. The lowest BCUT2D eigenvalue weighted by Crippen LogP contribution is -2.10. The van der Waals surface area contributed by atoms with E-state index in [1.165, 1.54) is 31.2 Å². The Labute approximate surface area is 285 Å². The molecule has 0 saturated carbocycles. The first kappa shape index (κ1) is 32.6. The van der Waals surface area contributed by atoms with Crippen molar-refractivity contribution in [1.29, 1.82) is 21.0 Å². The second-order valence-electron chi connectivity index (χ2n) is 11.8. The van der Waals surface area contributed by atoms with Gasteiger partial charge in [0.25, 0.3) is 0 Å². The van der Waals surface area contributed by atoms with Crippen molar-refractivity contribution in [2.45, 2.75) is 13.1 Å². The third-order valence-electron chi connectivity index (χ3n) is 9.01.